The number of hydrogen-bond donors (Lipinski definition) is 1. The standard InChI is InChI=1S/C30H27N3O3/c34-27-10-4-8-22-23(27)12-13-29(25(22)19-35-28-11-5-9-26-24(28)14-15-32-26)36-30(18-33-17-16-31-20-33)21-6-2-1-3-7-21/h1-3,5-7,9,11-17,20,30,32H,4,8,10,18-19H2/t30-/m1/s1. The van der Waals surface area contributed by atoms with Gasteiger partial charge >= 0.3 is 0 Å². The molecule has 6 rings (SSSR count). The van der Waals surface area contributed by atoms with E-state index in [9.17, 15) is 4.79 Å². The van der Waals surface area contributed by atoms with Gasteiger partial charge in [0.05, 0.1) is 12.9 Å². The van der Waals surface area contributed by atoms with Gasteiger partial charge in [0.15, 0.2) is 5.78 Å². The molecule has 6 heteroatoms. The fraction of sp³-hybridized carbons (Fsp3) is 0.200. The lowest BCUT2D eigenvalue weighted by molar-refractivity contribution is 0.0971. The van der Waals surface area contributed by atoms with Crippen LogP contribution in [-0.2, 0) is 19.6 Å². The Morgan fingerprint density at radius 1 is 0.972 bits per heavy atom. The molecule has 5 aromatic rings. The molecule has 0 aliphatic heterocycles. The van der Waals surface area contributed by atoms with Gasteiger partial charge in [-0.05, 0) is 54.3 Å². The third-order valence-electron chi connectivity index (χ3n) is 6.82. The first kappa shape index (κ1) is 22.2. The molecule has 0 unspecified atom stereocenters. The summed E-state index contributed by atoms with van der Waals surface area (Å²) in [6.45, 7) is 0.936. The number of nitrogens with zero attached hydrogens (tertiary/aromatic N) is 2. The number of Topliss-reactive ketones (excluding diaryl/α,β-unsaturated/α-hetero) is 1. The lowest BCUT2D eigenvalue weighted by Crippen LogP contribution is -2.19. The lowest BCUT2D eigenvalue weighted by atomic mass is 9.87. The Hall–Kier alpha value is -4.32. The second-order valence-corrected chi connectivity index (χ2v) is 9.11. The van der Waals surface area contributed by atoms with Gasteiger partial charge in [-0.15, -0.1) is 0 Å². The van der Waals surface area contributed by atoms with Crippen LogP contribution in [0, 0.1) is 0 Å². The summed E-state index contributed by atoms with van der Waals surface area (Å²) < 4.78 is 15.1. The van der Waals surface area contributed by atoms with Crippen LogP contribution in [0.25, 0.3) is 10.9 Å². The second kappa shape index (κ2) is 9.74. The van der Waals surface area contributed by atoms with Gasteiger partial charge in [0.2, 0.25) is 0 Å². The normalized spacial score (nSPS) is 13.9. The number of imidazole rings is 1. The average molecular weight is 478 g/mol. The SMILES string of the molecule is O=C1CCCc2c1ccc(O[C@H](Cn1ccnc1)c1ccccc1)c2COc1cccc2[nH]ccc12. The Labute approximate surface area is 209 Å². The van der Waals surface area contributed by atoms with Gasteiger partial charge in [-0.3, -0.25) is 4.79 Å². The van der Waals surface area contributed by atoms with Crippen molar-refractivity contribution in [1.82, 2.24) is 14.5 Å². The molecule has 0 radical (unpaired) electrons. The number of fused-ring (bicyclic) bond motifs is 2. The fourth-order valence-corrected chi connectivity index (χ4v) is 5.00. The second-order valence-electron chi connectivity index (χ2n) is 9.11. The third kappa shape index (κ3) is 4.38. The summed E-state index contributed by atoms with van der Waals surface area (Å²) >= 11 is 0. The number of H-pyrrole nitrogens is 1. The van der Waals surface area contributed by atoms with Crippen molar-refractivity contribution >= 4 is 16.7 Å². The highest BCUT2D eigenvalue weighted by atomic mass is 16.5. The van der Waals surface area contributed by atoms with Crippen molar-refractivity contribution in [2.75, 3.05) is 0 Å². The van der Waals surface area contributed by atoms with Crippen molar-refractivity contribution in [2.45, 2.75) is 38.5 Å². The van der Waals surface area contributed by atoms with Crippen LogP contribution in [-0.4, -0.2) is 20.3 Å². The van der Waals surface area contributed by atoms with E-state index in [1.807, 2.05) is 71.6 Å². The Morgan fingerprint density at radius 2 is 1.89 bits per heavy atom. The number of benzene rings is 3. The van der Waals surface area contributed by atoms with Crippen LogP contribution in [0.2, 0.25) is 0 Å². The van der Waals surface area contributed by atoms with Crippen LogP contribution in [0.3, 0.4) is 0 Å². The molecule has 1 aliphatic carbocycles. The van der Waals surface area contributed by atoms with Crippen molar-refractivity contribution in [3.8, 4) is 11.5 Å². The van der Waals surface area contributed by atoms with Gasteiger partial charge in [0.25, 0.3) is 0 Å². The van der Waals surface area contributed by atoms with Gasteiger partial charge < -0.3 is 19.0 Å². The average Bonchev–Trinajstić information content (AvgIpc) is 3.61. The van der Waals surface area contributed by atoms with E-state index in [4.69, 9.17) is 9.47 Å². The summed E-state index contributed by atoms with van der Waals surface area (Å²) in [4.78, 5) is 20.1. The zero-order valence-electron chi connectivity index (χ0n) is 19.9. The zero-order valence-corrected chi connectivity index (χ0v) is 19.9. The van der Waals surface area contributed by atoms with Crippen LogP contribution in [0.5, 0.6) is 11.5 Å². The molecule has 1 atom stereocenters. The summed E-state index contributed by atoms with van der Waals surface area (Å²) in [6, 6.07) is 22.0. The van der Waals surface area contributed by atoms with Crippen molar-refractivity contribution in [1.29, 1.82) is 0 Å². The molecule has 0 spiro atoms. The van der Waals surface area contributed by atoms with E-state index in [1.165, 1.54) is 0 Å². The number of carbonyl (C=O) groups is 1. The number of nitrogens with one attached hydrogen (secondary N) is 1. The van der Waals surface area contributed by atoms with E-state index < -0.39 is 0 Å². The quantitative estimate of drug-likeness (QED) is 0.285. The van der Waals surface area contributed by atoms with E-state index in [-0.39, 0.29) is 11.9 Å². The fourth-order valence-electron chi connectivity index (χ4n) is 5.00. The summed E-state index contributed by atoms with van der Waals surface area (Å²) in [5, 5.41) is 1.03. The molecule has 3 aromatic carbocycles. The Morgan fingerprint density at radius 3 is 2.75 bits per heavy atom. The van der Waals surface area contributed by atoms with Gasteiger partial charge in [-0.2, -0.15) is 0 Å². The number of ketones is 1. The van der Waals surface area contributed by atoms with Crippen molar-refractivity contribution in [3.63, 3.8) is 0 Å². The Kier molecular flexibility index (Phi) is 6.00. The van der Waals surface area contributed by atoms with Crippen molar-refractivity contribution in [2.24, 2.45) is 0 Å². The Bertz CT molecular complexity index is 1490. The van der Waals surface area contributed by atoms with Gasteiger partial charge in [0, 0.05) is 47.0 Å². The first-order valence-corrected chi connectivity index (χ1v) is 12.3. The van der Waals surface area contributed by atoms with Gasteiger partial charge in [0.1, 0.15) is 24.2 Å². The van der Waals surface area contributed by atoms with Gasteiger partial charge in [-0.25, -0.2) is 4.98 Å². The van der Waals surface area contributed by atoms with Crippen LogP contribution in [0.1, 0.15) is 46.0 Å². The molecule has 0 fully saturated rings. The molecular formula is C30H27N3O3. The number of hydrogen-bond acceptors (Lipinski definition) is 4. The summed E-state index contributed by atoms with van der Waals surface area (Å²) in [5.41, 5.74) is 4.87. The first-order valence-electron chi connectivity index (χ1n) is 12.3. The monoisotopic (exact) mass is 477 g/mol. The third-order valence-corrected chi connectivity index (χ3v) is 6.82. The molecule has 0 saturated carbocycles. The smallest absolute Gasteiger partial charge is 0.163 e. The minimum atomic E-state index is -0.232. The minimum Gasteiger partial charge on any atom is -0.488 e. The Balaban J connectivity index is 1.37. The molecule has 1 aliphatic rings. The molecule has 0 amide bonds. The van der Waals surface area contributed by atoms with Crippen LogP contribution in [0.15, 0.2) is 91.6 Å². The maximum Gasteiger partial charge on any atom is 0.163 e. The maximum atomic E-state index is 12.7. The largest absolute Gasteiger partial charge is 0.488 e. The predicted molar refractivity (Wildman–Crippen MR) is 138 cm³/mol. The molecule has 0 bridgehead atoms. The van der Waals surface area contributed by atoms with E-state index in [0.29, 0.717) is 19.6 Å². The highest BCUT2D eigenvalue weighted by Gasteiger charge is 2.25. The summed E-state index contributed by atoms with van der Waals surface area (Å²) in [6.07, 6.45) is 9.45. The minimum absolute atomic E-state index is 0.190. The molecule has 2 heterocycles. The number of ether oxygens (including phenoxy) is 2. The molecule has 0 saturated heterocycles. The number of carbonyl (C=O) groups excluding carboxylic acids is 1. The molecular weight excluding hydrogens is 450 g/mol. The molecule has 6 nitrogen and oxygen atoms in total. The summed E-state index contributed by atoms with van der Waals surface area (Å²) in [5.74, 6) is 1.74. The number of aromatic amines is 1. The van der Waals surface area contributed by atoms with Gasteiger partial charge in [-0.1, -0.05) is 36.4 Å². The van der Waals surface area contributed by atoms with E-state index in [0.717, 1.165) is 57.5 Å². The van der Waals surface area contributed by atoms with Crippen LogP contribution < -0.4 is 9.47 Å². The number of aromatic nitrogens is 3. The highest BCUT2D eigenvalue weighted by molar-refractivity contribution is 5.99. The van der Waals surface area contributed by atoms with E-state index >= 15 is 0 Å². The highest BCUT2D eigenvalue weighted by Crippen LogP contribution is 2.36. The van der Waals surface area contributed by atoms with E-state index in [2.05, 4.69) is 22.1 Å². The molecule has 180 valence electrons. The zero-order chi connectivity index (χ0) is 24.3. The first-order chi connectivity index (χ1) is 17.8. The van der Waals surface area contributed by atoms with Crippen LogP contribution in [0.4, 0.5) is 0 Å². The molecule has 36 heavy (non-hydrogen) atoms. The lowest BCUT2D eigenvalue weighted by Gasteiger charge is -2.26. The molecule has 2 aromatic heterocycles. The van der Waals surface area contributed by atoms with Crippen LogP contribution >= 0.6 is 0 Å². The molecule has 1 N–H and O–H groups in total. The predicted octanol–water partition coefficient (Wildman–Crippen LogP) is 6.28. The van der Waals surface area contributed by atoms with Crippen molar-refractivity contribution in [3.05, 3.63) is 114 Å². The summed E-state index contributed by atoms with van der Waals surface area (Å²) in [7, 11) is 0. The topological polar surface area (TPSA) is 69.1 Å². The van der Waals surface area contributed by atoms with Crippen molar-refractivity contribution < 1.29 is 14.3 Å². The van der Waals surface area contributed by atoms with E-state index in [1.54, 1.807) is 12.5 Å². The number of rotatable bonds is 8. The maximum absolute atomic E-state index is 12.7.